The fraction of sp³-hybridized carbons (Fsp3) is 0.333. The summed E-state index contributed by atoms with van der Waals surface area (Å²) < 4.78 is 7.26. The molecule has 3 aromatic rings. The number of hydrogen-bond donors (Lipinski definition) is 0. The molecule has 5 rings (SSSR count). The third-order valence-corrected chi connectivity index (χ3v) is 8.17. The number of thiocarbonyl (C=S) groups is 1. The molecule has 1 amide bonds. The quantitative estimate of drug-likeness (QED) is 0.358. The van der Waals surface area contributed by atoms with Gasteiger partial charge < -0.3 is 9.64 Å². The molecule has 4 heterocycles. The lowest BCUT2D eigenvalue weighted by Crippen LogP contribution is -2.36. The van der Waals surface area contributed by atoms with Crippen LogP contribution in [0.15, 0.2) is 52.3 Å². The van der Waals surface area contributed by atoms with Crippen molar-refractivity contribution in [2.75, 3.05) is 25.1 Å². The summed E-state index contributed by atoms with van der Waals surface area (Å²) in [6, 6.07) is 11.3. The number of hydrogen-bond acceptors (Lipinski definition) is 7. The van der Waals surface area contributed by atoms with Gasteiger partial charge in [0, 0.05) is 19.3 Å². The zero-order valence-corrected chi connectivity index (χ0v) is 22.2. The maximum Gasteiger partial charge on any atom is 0.267 e. The van der Waals surface area contributed by atoms with Gasteiger partial charge in [-0.25, -0.2) is 4.98 Å². The van der Waals surface area contributed by atoms with Crippen LogP contribution in [0.4, 0.5) is 5.82 Å². The number of carbonyl (C=O) groups is 1. The van der Waals surface area contributed by atoms with Gasteiger partial charge in [0.25, 0.3) is 11.5 Å². The SMILES string of the molecule is COc1ccc(CN2C(=O)/C(=C\c3c(N4CCC(C)CC4)nc4c(C)cccn4c3=O)SC2=S)cc1. The van der Waals surface area contributed by atoms with Crippen molar-refractivity contribution in [3.05, 3.63) is 74.5 Å². The topological polar surface area (TPSA) is 67.2 Å². The molecule has 0 radical (unpaired) electrons. The van der Waals surface area contributed by atoms with Gasteiger partial charge in [-0.3, -0.25) is 18.9 Å². The third kappa shape index (κ3) is 4.65. The number of benzene rings is 1. The van der Waals surface area contributed by atoms with E-state index in [2.05, 4.69) is 11.8 Å². The number of ether oxygens (including phenoxy) is 1. The molecule has 0 aliphatic carbocycles. The number of nitrogens with zero attached hydrogens (tertiary/aromatic N) is 4. The van der Waals surface area contributed by atoms with Gasteiger partial charge in [0.05, 0.1) is 24.1 Å². The average Bonchev–Trinajstić information content (AvgIpc) is 3.14. The van der Waals surface area contributed by atoms with E-state index in [-0.39, 0.29) is 11.5 Å². The third-order valence-electron chi connectivity index (χ3n) is 6.80. The normalized spacial score (nSPS) is 18.0. The minimum atomic E-state index is -0.201. The van der Waals surface area contributed by atoms with E-state index in [4.69, 9.17) is 21.9 Å². The summed E-state index contributed by atoms with van der Waals surface area (Å²) in [5.74, 6) is 1.83. The lowest BCUT2D eigenvalue weighted by Gasteiger charge is -2.32. The Morgan fingerprint density at radius 2 is 1.89 bits per heavy atom. The zero-order chi connectivity index (χ0) is 25.4. The summed E-state index contributed by atoms with van der Waals surface area (Å²) in [5, 5.41) is 0. The van der Waals surface area contributed by atoms with E-state index in [1.807, 2.05) is 43.3 Å². The molecule has 0 saturated carbocycles. The van der Waals surface area contributed by atoms with E-state index >= 15 is 0 Å². The number of aromatic nitrogens is 2. The van der Waals surface area contributed by atoms with Crippen molar-refractivity contribution >= 4 is 51.7 Å². The molecule has 2 aliphatic rings. The van der Waals surface area contributed by atoms with Crippen molar-refractivity contribution in [2.24, 2.45) is 5.92 Å². The first-order chi connectivity index (χ1) is 17.4. The van der Waals surface area contributed by atoms with E-state index in [0.717, 1.165) is 42.8 Å². The van der Waals surface area contributed by atoms with Crippen molar-refractivity contribution in [2.45, 2.75) is 33.2 Å². The number of amides is 1. The van der Waals surface area contributed by atoms with Crippen molar-refractivity contribution in [1.29, 1.82) is 0 Å². The molecule has 36 heavy (non-hydrogen) atoms. The van der Waals surface area contributed by atoms with Crippen LogP contribution in [-0.4, -0.2) is 44.7 Å². The maximum absolute atomic E-state index is 13.7. The highest BCUT2D eigenvalue weighted by molar-refractivity contribution is 8.26. The first-order valence-electron chi connectivity index (χ1n) is 12.0. The van der Waals surface area contributed by atoms with Crippen molar-refractivity contribution < 1.29 is 9.53 Å². The van der Waals surface area contributed by atoms with Crippen LogP contribution in [0.3, 0.4) is 0 Å². The molecular weight excluding hydrogens is 492 g/mol. The van der Waals surface area contributed by atoms with E-state index in [1.165, 1.54) is 11.8 Å². The van der Waals surface area contributed by atoms with E-state index < -0.39 is 0 Å². The summed E-state index contributed by atoms with van der Waals surface area (Å²) >= 11 is 6.78. The molecule has 186 valence electrons. The smallest absolute Gasteiger partial charge is 0.267 e. The number of rotatable bonds is 5. The minimum absolute atomic E-state index is 0.183. The molecule has 2 aliphatic heterocycles. The predicted octanol–water partition coefficient (Wildman–Crippen LogP) is 4.65. The molecule has 9 heteroatoms. The van der Waals surface area contributed by atoms with Gasteiger partial charge in [-0.15, -0.1) is 0 Å². The number of piperidine rings is 1. The second-order valence-electron chi connectivity index (χ2n) is 9.32. The Labute approximate surface area is 219 Å². The first-order valence-corrected chi connectivity index (χ1v) is 13.2. The van der Waals surface area contributed by atoms with Crippen molar-refractivity contribution in [3.8, 4) is 5.75 Å². The average molecular weight is 521 g/mol. The highest BCUT2D eigenvalue weighted by Crippen LogP contribution is 2.35. The van der Waals surface area contributed by atoms with E-state index in [1.54, 1.807) is 28.7 Å². The standard InChI is InChI=1S/C27H28N4O3S2/c1-17-10-13-29(14-11-17)24-21(25(32)30-12-4-5-18(2)23(30)28-24)15-22-26(33)31(27(35)36-22)16-19-6-8-20(34-3)9-7-19/h4-9,12,15,17H,10-11,13-14,16H2,1-3H3/b22-15+. The van der Waals surface area contributed by atoms with Gasteiger partial charge in [-0.05, 0) is 61.1 Å². The van der Waals surface area contributed by atoms with Gasteiger partial charge in [0.2, 0.25) is 0 Å². The second-order valence-corrected chi connectivity index (χ2v) is 11.0. The van der Waals surface area contributed by atoms with Gasteiger partial charge in [0.15, 0.2) is 0 Å². The van der Waals surface area contributed by atoms with E-state index in [0.29, 0.717) is 38.7 Å². The number of anilines is 1. The van der Waals surface area contributed by atoms with Crippen LogP contribution in [-0.2, 0) is 11.3 Å². The Kier molecular flexibility index (Phi) is 6.85. The summed E-state index contributed by atoms with van der Waals surface area (Å²) in [6.45, 7) is 6.22. The van der Waals surface area contributed by atoms with E-state index in [9.17, 15) is 9.59 Å². The van der Waals surface area contributed by atoms with Gasteiger partial charge >= 0.3 is 0 Å². The van der Waals surface area contributed by atoms with Crippen LogP contribution in [0.1, 0.15) is 36.5 Å². The minimum Gasteiger partial charge on any atom is -0.497 e. The highest BCUT2D eigenvalue weighted by Gasteiger charge is 2.33. The number of thioether (sulfide) groups is 1. The summed E-state index contributed by atoms with van der Waals surface area (Å²) in [4.78, 5) is 36.2. The Morgan fingerprint density at radius 3 is 2.58 bits per heavy atom. The van der Waals surface area contributed by atoms with Gasteiger partial charge in [-0.2, -0.15) is 0 Å². The molecule has 0 unspecified atom stereocenters. The Balaban J connectivity index is 1.53. The number of methoxy groups -OCH3 is 1. The monoisotopic (exact) mass is 520 g/mol. The predicted molar refractivity (Wildman–Crippen MR) is 149 cm³/mol. The number of pyridine rings is 1. The molecule has 7 nitrogen and oxygen atoms in total. The molecule has 2 fully saturated rings. The molecule has 0 atom stereocenters. The summed E-state index contributed by atoms with van der Waals surface area (Å²) in [7, 11) is 1.62. The molecule has 0 N–H and O–H groups in total. The molecular formula is C27H28N4O3S2. The van der Waals surface area contributed by atoms with Crippen LogP contribution in [0.2, 0.25) is 0 Å². The first kappa shape index (κ1) is 24.5. The van der Waals surface area contributed by atoms with Crippen molar-refractivity contribution in [3.63, 3.8) is 0 Å². The largest absolute Gasteiger partial charge is 0.497 e. The maximum atomic E-state index is 13.7. The van der Waals surface area contributed by atoms with Gasteiger partial charge in [-0.1, -0.05) is 49.1 Å². The fourth-order valence-corrected chi connectivity index (χ4v) is 5.81. The van der Waals surface area contributed by atoms with Crippen LogP contribution in [0.25, 0.3) is 11.7 Å². The van der Waals surface area contributed by atoms with Crippen LogP contribution in [0, 0.1) is 12.8 Å². The van der Waals surface area contributed by atoms with Crippen LogP contribution in [0.5, 0.6) is 5.75 Å². The number of aryl methyl sites for hydroxylation is 1. The number of fused-ring (bicyclic) bond motifs is 1. The summed E-state index contributed by atoms with van der Waals surface area (Å²) in [5.41, 5.74) is 2.76. The van der Waals surface area contributed by atoms with Crippen LogP contribution >= 0.6 is 24.0 Å². The molecule has 0 spiro atoms. The van der Waals surface area contributed by atoms with Crippen molar-refractivity contribution in [1.82, 2.24) is 14.3 Å². The fourth-order valence-electron chi connectivity index (χ4n) is 4.57. The molecule has 2 aromatic heterocycles. The Hall–Kier alpha value is -3.17. The Morgan fingerprint density at radius 1 is 1.17 bits per heavy atom. The Bertz CT molecular complexity index is 1420. The molecule has 1 aromatic carbocycles. The second kappa shape index (κ2) is 10.1. The lowest BCUT2D eigenvalue weighted by atomic mass is 9.99. The van der Waals surface area contributed by atoms with Gasteiger partial charge in [0.1, 0.15) is 21.5 Å². The molecule has 0 bridgehead atoms. The number of carbonyl (C=O) groups excluding carboxylic acids is 1. The highest BCUT2D eigenvalue weighted by atomic mass is 32.2. The molecule has 2 saturated heterocycles. The zero-order valence-electron chi connectivity index (χ0n) is 20.6. The summed E-state index contributed by atoms with van der Waals surface area (Å²) in [6.07, 6.45) is 5.49. The lowest BCUT2D eigenvalue weighted by molar-refractivity contribution is -0.122. The van der Waals surface area contributed by atoms with Crippen LogP contribution < -0.4 is 15.2 Å².